The fourth-order valence-corrected chi connectivity index (χ4v) is 9.17. The number of aliphatic carboxylic acids is 1. The van der Waals surface area contributed by atoms with E-state index < -0.39 is 54.7 Å². The molecule has 0 bridgehead atoms. The lowest BCUT2D eigenvalue weighted by Crippen LogP contribution is -2.60. The summed E-state index contributed by atoms with van der Waals surface area (Å²) in [4.78, 5) is 37.1. The highest BCUT2D eigenvalue weighted by atomic mass is 16.7. The second kappa shape index (κ2) is 48.9. The summed E-state index contributed by atoms with van der Waals surface area (Å²) < 4.78 is 21.9. The average Bonchev–Trinajstić information content (AvgIpc) is 3.35. The molecular weight excluding hydrogens is 885 g/mol. The van der Waals surface area contributed by atoms with Crippen LogP contribution in [0.5, 0.6) is 0 Å². The van der Waals surface area contributed by atoms with Gasteiger partial charge < -0.3 is 39.4 Å². The van der Waals surface area contributed by atoms with E-state index in [9.17, 15) is 34.8 Å². The summed E-state index contributed by atoms with van der Waals surface area (Å²) in [5.41, 5.74) is 0. The molecule has 0 aromatic heterocycles. The lowest BCUT2D eigenvalue weighted by Gasteiger charge is -2.38. The van der Waals surface area contributed by atoms with E-state index in [1.807, 2.05) is 0 Å². The van der Waals surface area contributed by atoms with Gasteiger partial charge in [-0.1, -0.05) is 231 Å². The van der Waals surface area contributed by atoms with E-state index in [2.05, 4.69) is 38.2 Å². The molecule has 1 rings (SSSR count). The van der Waals surface area contributed by atoms with E-state index in [1.165, 1.54) is 205 Å². The van der Waals surface area contributed by atoms with E-state index in [1.54, 1.807) is 0 Å². The minimum absolute atomic E-state index is 0.183. The first kappa shape index (κ1) is 65.7. The Labute approximate surface area is 428 Å². The largest absolute Gasteiger partial charge is 0.479 e. The fourth-order valence-electron chi connectivity index (χ4n) is 9.17. The third-order valence-corrected chi connectivity index (χ3v) is 13.8. The Morgan fingerprint density at radius 1 is 0.429 bits per heavy atom. The molecule has 0 aromatic carbocycles. The summed E-state index contributed by atoms with van der Waals surface area (Å²) in [6, 6.07) is 0. The summed E-state index contributed by atoms with van der Waals surface area (Å²) >= 11 is 0. The molecule has 0 aromatic rings. The Kier molecular flexibility index (Phi) is 45.9. The topological polar surface area (TPSA) is 169 Å². The van der Waals surface area contributed by atoms with E-state index >= 15 is 0 Å². The third-order valence-electron chi connectivity index (χ3n) is 13.8. The number of unbranched alkanes of at least 4 members (excludes halogenated alkanes) is 36. The molecule has 0 amide bonds. The molecule has 1 fully saturated rings. The predicted molar refractivity (Wildman–Crippen MR) is 285 cm³/mol. The van der Waals surface area contributed by atoms with Crippen LogP contribution in [0, 0.1) is 0 Å². The van der Waals surface area contributed by atoms with Gasteiger partial charge in [-0.25, -0.2) is 4.79 Å². The second-order valence-corrected chi connectivity index (χ2v) is 20.5. The number of carbonyl (C=O) groups excluding carboxylic acids is 2. The van der Waals surface area contributed by atoms with Gasteiger partial charge in [-0.05, 0) is 64.2 Å². The van der Waals surface area contributed by atoms with Crippen LogP contribution in [0.1, 0.15) is 284 Å². The number of allylic oxidation sites excluding steroid dienone is 4. The minimum atomic E-state index is -1.86. The molecule has 6 atom stereocenters. The number of hydrogen-bond acceptors (Lipinski definition) is 10. The van der Waals surface area contributed by atoms with Crippen LogP contribution < -0.4 is 0 Å². The van der Waals surface area contributed by atoms with Gasteiger partial charge in [-0.15, -0.1) is 0 Å². The maximum Gasteiger partial charge on any atom is 0.335 e. The molecule has 6 unspecified atom stereocenters. The van der Waals surface area contributed by atoms with Crippen LogP contribution in [0.4, 0.5) is 0 Å². The minimum Gasteiger partial charge on any atom is -0.479 e. The molecule has 1 saturated heterocycles. The Morgan fingerprint density at radius 2 is 0.757 bits per heavy atom. The Bertz CT molecular complexity index is 1260. The molecule has 1 aliphatic rings. The van der Waals surface area contributed by atoms with Crippen molar-refractivity contribution in [1.82, 2.24) is 0 Å². The summed E-state index contributed by atoms with van der Waals surface area (Å²) in [6.07, 6.45) is 49.5. The molecule has 0 spiro atoms. The number of carboxylic acid groups (broad SMARTS) is 1. The van der Waals surface area contributed by atoms with E-state index in [-0.39, 0.29) is 26.1 Å². The lowest BCUT2D eigenvalue weighted by molar-refractivity contribution is -0.298. The van der Waals surface area contributed by atoms with E-state index in [0.29, 0.717) is 12.8 Å². The van der Waals surface area contributed by atoms with Crippen LogP contribution in [0.15, 0.2) is 24.3 Å². The first-order valence-corrected chi connectivity index (χ1v) is 29.4. The molecule has 0 saturated carbocycles. The van der Waals surface area contributed by atoms with Crippen molar-refractivity contribution in [3.05, 3.63) is 24.3 Å². The van der Waals surface area contributed by atoms with Crippen LogP contribution in [0.3, 0.4) is 0 Å². The normalized spacial score (nSPS) is 18.8. The maximum absolute atomic E-state index is 12.9. The molecule has 1 aliphatic heterocycles. The van der Waals surface area contributed by atoms with Gasteiger partial charge >= 0.3 is 17.9 Å². The van der Waals surface area contributed by atoms with Crippen LogP contribution in [0.25, 0.3) is 0 Å². The maximum atomic E-state index is 12.9. The zero-order valence-corrected chi connectivity index (χ0v) is 45.0. The summed E-state index contributed by atoms with van der Waals surface area (Å²) in [6.45, 7) is 3.87. The van der Waals surface area contributed by atoms with Gasteiger partial charge in [0, 0.05) is 12.8 Å². The van der Waals surface area contributed by atoms with Crippen LogP contribution in [-0.2, 0) is 33.3 Å². The molecule has 11 nitrogen and oxygen atoms in total. The number of aliphatic hydroxyl groups is 3. The predicted octanol–water partition coefficient (Wildman–Crippen LogP) is 14.9. The van der Waals surface area contributed by atoms with E-state index in [4.69, 9.17) is 18.9 Å². The van der Waals surface area contributed by atoms with Crippen molar-refractivity contribution in [3.63, 3.8) is 0 Å². The highest BCUT2D eigenvalue weighted by molar-refractivity contribution is 5.73. The average molecular weight is 994 g/mol. The first-order valence-electron chi connectivity index (χ1n) is 29.4. The second-order valence-electron chi connectivity index (χ2n) is 20.5. The number of carboxylic acids is 1. The highest BCUT2D eigenvalue weighted by Gasteiger charge is 2.47. The molecule has 4 N–H and O–H groups in total. The summed E-state index contributed by atoms with van der Waals surface area (Å²) in [5, 5.41) is 40.1. The van der Waals surface area contributed by atoms with Crippen molar-refractivity contribution in [1.29, 1.82) is 0 Å². The van der Waals surface area contributed by atoms with Crippen LogP contribution >= 0.6 is 0 Å². The SMILES string of the molecule is CCCCCCCCCC/C=C\CCCCCCCCCCCCCC(=O)OCC(COC1OC(C(=O)O)C(O)C(O)C1O)OC(=O)CCCCCCCCCCC/C=C\CCCCCCCCCC. The molecule has 410 valence electrons. The van der Waals surface area contributed by atoms with Crippen molar-refractivity contribution in [2.75, 3.05) is 13.2 Å². The molecule has 1 heterocycles. The van der Waals surface area contributed by atoms with Crippen molar-refractivity contribution in [2.24, 2.45) is 0 Å². The van der Waals surface area contributed by atoms with Gasteiger partial charge in [0.1, 0.15) is 24.9 Å². The molecule has 70 heavy (non-hydrogen) atoms. The van der Waals surface area contributed by atoms with Crippen LogP contribution in [-0.4, -0.2) is 88.4 Å². The lowest BCUT2D eigenvalue weighted by atomic mass is 9.99. The van der Waals surface area contributed by atoms with Crippen molar-refractivity contribution in [2.45, 2.75) is 320 Å². The Hall–Kier alpha value is -2.31. The van der Waals surface area contributed by atoms with Crippen molar-refractivity contribution >= 4 is 17.9 Å². The summed E-state index contributed by atoms with van der Waals surface area (Å²) in [5.74, 6) is -2.43. The van der Waals surface area contributed by atoms with E-state index in [0.717, 1.165) is 38.5 Å². The van der Waals surface area contributed by atoms with Gasteiger partial charge in [-0.2, -0.15) is 0 Å². The number of rotatable bonds is 51. The summed E-state index contributed by atoms with van der Waals surface area (Å²) in [7, 11) is 0. The molecule has 0 radical (unpaired) electrons. The monoisotopic (exact) mass is 993 g/mol. The number of ether oxygens (including phenoxy) is 4. The number of hydrogen-bond donors (Lipinski definition) is 4. The first-order chi connectivity index (χ1) is 34.2. The van der Waals surface area contributed by atoms with Gasteiger partial charge in [0.05, 0.1) is 6.61 Å². The molecule has 11 heteroatoms. The van der Waals surface area contributed by atoms with Crippen LogP contribution in [0.2, 0.25) is 0 Å². The molecular formula is C59H108O11. The zero-order chi connectivity index (χ0) is 51.0. The smallest absolute Gasteiger partial charge is 0.335 e. The van der Waals surface area contributed by atoms with Gasteiger partial charge in [0.15, 0.2) is 18.5 Å². The van der Waals surface area contributed by atoms with Crippen molar-refractivity contribution < 1.29 is 53.8 Å². The Morgan fingerprint density at radius 3 is 1.11 bits per heavy atom. The zero-order valence-electron chi connectivity index (χ0n) is 45.0. The van der Waals surface area contributed by atoms with Gasteiger partial charge in [0.2, 0.25) is 0 Å². The number of aliphatic hydroxyl groups excluding tert-OH is 3. The highest BCUT2D eigenvalue weighted by Crippen LogP contribution is 2.23. The quantitative estimate of drug-likeness (QED) is 0.0260. The number of esters is 2. The van der Waals surface area contributed by atoms with Gasteiger partial charge in [-0.3, -0.25) is 9.59 Å². The third kappa shape index (κ3) is 39.2. The number of carbonyl (C=O) groups is 3. The van der Waals surface area contributed by atoms with Gasteiger partial charge in [0.25, 0.3) is 0 Å². The standard InChI is InChI=1S/C59H108O11/c1-3-5-7-9-11-13-15-17-19-21-23-25-26-28-29-31-33-35-37-39-41-43-45-47-52(60)67-49-51(50-68-59-56(64)54(62)55(63)57(70-59)58(65)66)69-53(61)48-46-44-42-40-38-36-34-32-30-27-24-22-20-18-16-14-12-10-8-6-4-2/h21-24,51,54-57,59,62-64H,3-20,25-50H2,1-2H3,(H,65,66)/b23-21-,24-22-. The van der Waals surface area contributed by atoms with Crippen molar-refractivity contribution in [3.8, 4) is 0 Å². The fraction of sp³-hybridized carbons (Fsp3) is 0.881. The Balaban J connectivity index is 2.23. The molecule has 0 aliphatic carbocycles.